The van der Waals surface area contributed by atoms with E-state index in [1.54, 1.807) is 6.20 Å². The first-order valence-electron chi connectivity index (χ1n) is 4.90. The maximum Gasteiger partial charge on any atom is 0.451 e. The van der Waals surface area contributed by atoms with Gasteiger partial charge < -0.3 is 11.1 Å². The van der Waals surface area contributed by atoms with Gasteiger partial charge in [-0.1, -0.05) is 0 Å². The molecule has 19 heavy (non-hydrogen) atoms. The Morgan fingerprint density at radius 3 is 2.68 bits per heavy atom. The molecule has 0 aromatic carbocycles. The number of alkyl halides is 3. The minimum atomic E-state index is -4.63. The normalized spacial score (nSPS) is 11.6. The fraction of sp³-hybridized carbons (Fsp3) is 0.222. The van der Waals surface area contributed by atoms with Crippen LogP contribution in [0.5, 0.6) is 0 Å². The topological polar surface area (TPSA) is 76.7 Å². The molecule has 2 rings (SSSR count). The second kappa shape index (κ2) is 5.29. The van der Waals surface area contributed by atoms with Crippen LogP contribution in [0.15, 0.2) is 16.2 Å². The number of rotatable bonds is 3. The van der Waals surface area contributed by atoms with Gasteiger partial charge >= 0.3 is 6.18 Å². The largest absolute Gasteiger partial charge is 0.451 e. The van der Waals surface area contributed by atoms with Crippen LogP contribution < -0.4 is 11.1 Å². The maximum atomic E-state index is 12.5. The van der Waals surface area contributed by atoms with Crippen LogP contribution >= 0.6 is 27.3 Å². The van der Waals surface area contributed by atoms with E-state index in [0.29, 0.717) is 10.5 Å². The second-order valence-corrected chi connectivity index (χ2v) is 5.82. The summed E-state index contributed by atoms with van der Waals surface area (Å²) in [6.45, 7) is 0.303. The van der Waals surface area contributed by atoms with E-state index in [9.17, 15) is 13.2 Å². The molecule has 0 saturated heterocycles. The van der Waals surface area contributed by atoms with Crippen molar-refractivity contribution >= 4 is 38.9 Å². The van der Waals surface area contributed by atoms with Crippen LogP contribution in [-0.4, -0.2) is 15.0 Å². The number of thiazole rings is 1. The first-order chi connectivity index (χ1) is 8.84. The molecule has 10 heteroatoms. The summed E-state index contributed by atoms with van der Waals surface area (Å²) < 4.78 is 38.2. The van der Waals surface area contributed by atoms with E-state index in [0.717, 1.165) is 4.88 Å². The first-order valence-corrected chi connectivity index (χ1v) is 6.51. The lowest BCUT2D eigenvalue weighted by Gasteiger charge is -2.09. The lowest BCUT2D eigenvalue weighted by Crippen LogP contribution is -2.14. The molecule has 0 fully saturated rings. The standard InChI is InChI=1S/C9H7BrF3N5S/c10-8-16-3-4(19-8)2-15-6-1-5(14)17-7(18-6)9(11,12)13/h1,3H,2H2,(H3,14,15,17,18). The average molecular weight is 354 g/mol. The number of nitrogens with two attached hydrogens (primary N) is 1. The van der Waals surface area contributed by atoms with Crippen LogP contribution in [-0.2, 0) is 12.7 Å². The molecule has 2 aromatic heterocycles. The number of nitrogens with one attached hydrogen (secondary N) is 1. The predicted octanol–water partition coefficient (Wildman–Crippen LogP) is 2.91. The van der Waals surface area contributed by atoms with Crippen LogP contribution in [0.3, 0.4) is 0 Å². The Morgan fingerprint density at radius 1 is 1.37 bits per heavy atom. The van der Waals surface area contributed by atoms with Crippen molar-refractivity contribution < 1.29 is 13.2 Å². The van der Waals surface area contributed by atoms with Crippen LogP contribution in [0.2, 0.25) is 0 Å². The zero-order valence-corrected chi connectivity index (χ0v) is 11.6. The SMILES string of the molecule is Nc1cc(NCc2cnc(Br)s2)nc(C(F)(F)F)n1. The lowest BCUT2D eigenvalue weighted by atomic mass is 10.4. The molecule has 0 bridgehead atoms. The summed E-state index contributed by atoms with van der Waals surface area (Å²) in [5.41, 5.74) is 5.32. The molecule has 102 valence electrons. The van der Waals surface area contributed by atoms with Gasteiger partial charge in [-0.15, -0.1) is 11.3 Å². The third kappa shape index (κ3) is 3.77. The van der Waals surface area contributed by atoms with Crippen molar-refractivity contribution in [3.05, 3.63) is 26.9 Å². The first kappa shape index (κ1) is 14.0. The third-order valence-electron chi connectivity index (χ3n) is 1.97. The van der Waals surface area contributed by atoms with E-state index in [2.05, 4.69) is 36.2 Å². The summed E-state index contributed by atoms with van der Waals surface area (Å²) in [7, 11) is 0. The Morgan fingerprint density at radius 2 is 2.11 bits per heavy atom. The Labute approximate surface area is 118 Å². The summed E-state index contributed by atoms with van der Waals surface area (Å²) in [5, 5.41) is 2.75. The maximum absolute atomic E-state index is 12.5. The van der Waals surface area contributed by atoms with Gasteiger partial charge in [0.2, 0.25) is 5.82 Å². The smallest absolute Gasteiger partial charge is 0.384 e. The van der Waals surface area contributed by atoms with Gasteiger partial charge in [-0.2, -0.15) is 13.2 Å². The third-order valence-corrected chi connectivity index (χ3v) is 3.44. The highest BCUT2D eigenvalue weighted by Gasteiger charge is 2.35. The van der Waals surface area contributed by atoms with E-state index >= 15 is 0 Å². The predicted molar refractivity (Wildman–Crippen MR) is 68.6 cm³/mol. The summed E-state index contributed by atoms with van der Waals surface area (Å²) in [6.07, 6.45) is -3.02. The fourth-order valence-electron chi connectivity index (χ4n) is 1.23. The van der Waals surface area contributed by atoms with Crippen molar-refractivity contribution in [2.75, 3.05) is 11.1 Å². The van der Waals surface area contributed by atoms with Gasteiger partial charge in [-0.3, -0.25) is 0 Å². The Hall–Kier alpha value is -1.42. The molecule has 0 amide bonds. The van der Waals surface area contributed by atoms with Crippen LogP contribution in [0.25, 0.3) is 0 Å². The van der Waals surface area contributed by atoms with Crippen LogP contribution in [0.1, 0.15) is 10.7 Å². The second-order valence-electron chi connectivity index (χ2n) is 3.43. The summed E-state index contributed by atoms with van der Waals surface area (Å²) in [6, 6.07) is 1.24. The quantitative estimate of drug-likeness (QED) is 0.887. The Balaban J connectivity index is 2.14. The summed E-state index contributed by atoms with van der Waals surface area (Å²) in [4.78, 5) is 11.3. The van der Waals surface area contributed by atoms with Gasteiger partial charge in [0.05, 0.1) is 6.54 Å². The van der Waals surface area contributed by atoms with Crippen molar-refractivity contribution in [2.45, 2.75) is 12.7 Å². The zero-order chi connectivity index (χ0) is 14.0. The molecule has 0 unspecified atom stereocenters. The molecule has 0 aliphatic carbocycles. The van der Waals surface area contributed by atoms with E-state index in [-0.39, 0.29) is 11.6 Å². The van der Waals surface area contributed by atoms with Crippen molar-refractivity contribution in [1.29, 1.82) is 0 Å². The molecule has 0 spiro atoms. The zero-order valence-electron chi connectivity index (χ0n) is 9.20. The number of hydrogen-bond donors (Lipinski definition) is 2. The van der Waals surface area contributed by atoms with Crippen LogP contribution in [0, 0.1) is 0 Å². The number of nitrogens with zero attached hydrogens (tertiary/aromatic N) is 3. The molecule has 2 heterocycles. The molecule has 5 nitrogen and oxygen atoms in total. The lowest BCUT2D eigenvalue weighted by molar-refractivity contribution is -0.144. The molecule has 2 aromatic rings. The van der Waals surface area contributed by atoms with Gasteiger partial charge in [0.25, 0.3) is 0 Å². The van der Waals surface area contributed by atoms with Gasteiger partial charge in [-0.05, 0) is 15.9 Å². The van der Waals surface area contributed by atoms with E-state index in [4.69, 9.17) is 5.73 Å². The van der Waals surface area contributed by atoms with Gasteiger partial charge in [0, 0.05) is 17.1 Å². The number of aromatic nitrogens is 3. The summed E-state index contributed by atoms with van der Waals surface area (Å²) in [5.74, 6) is -1.49. The van der Waals surface area contributed by atoms with Crippen molar-refractivity contribution in [2.24, 2.45) is 0 Å². The van der Waals surface area contributed by atoms with E-state index in [1.165, 1.54) is 17.4 Å². The Bertz CT molecular complexity index is 585. The van der Waals surface area contributed by atoms with Gasteiger partial charge in [0.1, 0.15) is 11.6 Å². The molecular formula is C9H7BrF3N5S. The van der Waals surface area contributed by atoms with Crippen molar-refractivity contribution in [3.63, 3.8) is 0 Å². The van der Waals surface area contributed by atoms with Crippen molar-refractivity contribution in [3.8, 4) is 0 Å². The summed E-state index contributed by atoms with van der Waals surface area (Å²) >= 11 is 4.56. The molecule has 0 saturated carbocycles. The number of nitrogen functional groups attached to an aromatic ring is 1. The Kier molecular flexibility index (Phi) is 3.90. The van der Waals surface area contributed by atoms with E-state index in [1.807, 2.05) is 0 Å². The number of halogens is 4. The monoisotopic (exact) mass is 353 g/mol. The molecule has 0 aliphatic rings. The molecular weight excluding hydrogens is 347 g/mol. The number of anilines is 2. The molecule has 3 N–H and O–H groups in total. The highest BCUT2D eigenvalue weighted by Crippen LogP contribution is 2.28. The molecule has 0 radical (unpaired) electrons. The van der Waals surface area contributed by atoms with Crippen molar-refractivity contribution in [1.82, 2.24) is 15.0 Å². The van der Waals surface area contributed by atoms with Gasteiger partial charge in [0.15, 0.2) is 3.92 Å². The highest BCUT2D eigenvalue weighted by atomic mass is 79.9. The molecule has 0 atom stereocenters. The highest BCUT2D eigenvalue weighted by molar-refractivity contribution is 9.11. The minimum absolute atomic E-state index is 0.0179. The average Bonchev–Trinajstić information content (AvgIpc) is 2.71. The van der Waals surface area contributed by atoms with Gasteiger partial charge in [-0.25, -0.2) is 15.0 Å². The number of hydrogen-bond acceptors (Lipinski definition) is 6. The van der Waals surface area contributed by atoms with Crippen LogP contribution in [0.4, 0.5) is 24.8 Å². The van der Waals surface area contributed by atoms with E-state index < -0.39 is 12.0 Å². The fourth-order valence-corrected chi connectivity index (χ4v) is 2.52. The molecule has 0 aliphatic heterocycles. The minimum Gasteiger partial charge on any atom is -0.384 e.